The van der Waals surface area contributed by atoms with Crippen LogP contribution in [0.25, 0.3) is 60.2 Å². The third-order valence-corrected chi connectivity index (χ3v) is 26.9. The smallest absolute Gasteiger partial charge is 0.410 e. The molecule has 22 rings (SSSR count). The lowest BCUT2D eigenvalue weighted by molar-refractivity contribution is 0.0932. The van der Waals surface area contributed by atoms with Crippen LogP contribution in [0.15, 0.2) is 258 Å². The molecule has 20 nitrogen and oxygen atoms in total. The Kier molecular flexibility index (Phi) is 27.2. The predicted molar refractivity (Wildman–Crippen MR) is 529 cm³/mol. The van der Waals surface area contributed by atoms with Gasteiger partial charge in [0.25, 0.3) is 0 Å². The molecule has 0 spiro atoms. The molecule has 0 saturated heterocycles. The van der Waals surface area contributed by atoms with E-state index in [0.29, 0.717) is 54.0 Å². The SMILES string of the molecule is CCOC(=O)N1CCc2c([nH]c3ccc(Cl)cc23)C1c1ccc(-n2ccnc2)cc1.COc1ccc(C2c3[nH]c4ccc(Cl)cc4c3CCN2C(=O)NC(C)C)cc1.COc1ccc(C2c3[nH]c4ccc(Cl)cc4c3CCN2C(=O)Nc2ccc(F)cc2)cc1.Clc1ccc(C2NCCc3c2[nH]c2ccc(Br)cc32)cc1.Fc1ccc(F)c(C2NCCc3c2[nH]c2ccc(Br)cc32)c1. The number of halogens is 9. The quantitative estimate of drug-likeness (QED) is 0.0598. The number of rotatable bonds is 11. The average Bonchev–Trinajstić information content (AvgIpc) is 1.61. The van der Waals surface area contributed by atoms with Gasteiger partial charge in [-0.2, -0.15) is 0 Å². The lowest BCUT2D eigenvalue weighted by Gasteiger charge is -2.36. The largest absolute Gasteiger partial charge is 0.497 e. The summed E-state index contributed by atoms with van der Waals surface area (Å²) in [5.41, 5.74) is 22.8. The van der Waals surface area contributed by atoms with E-state index < -0.39 is 11.6 Å². The molecule has 5 aliphatic rings. The summed E-state index contributed by atoms with van der Waals surface area (Å²) in [5.74, 6) is 0.367. The van der Waals surface area contributed by atoms with Crippen LogP contribution in [0.2, 0.25) is 20.1 Å². The van der Waals surface area contributed by atoms with Gasteiger partial charge >= 0.3 is 18.2 Å². The van der Waals surface area contributed by atoms with Gasteiger partial charge in [-0.3, -0.25) is 4.90 Å². The van der Waals surface area contributed by atoms with E-state index in [1.807, 2.05) is 176 Å². The number of H-pyrrole nitrogens is 5. The second kappa shape index (κ2) is 39.8. The second-order valence-corrected chi connectivity index (χ2v) is 37.0. The molecule has 0 bridgehead atoms. The number of methoxy groups -OCH3 is 2. The van der Waals surface area contributed by atoms with Crippen LogP contribution in [0.3, 0.4) is 0 Å². The van der Waals surface area contributed by atoms with Crippen molar-refractivity contribution in [2.45, 2.75) is 89.1 Å². The first-order chi connectivity index (χ1) is 64.5. The maximum atomic E-state index is 14.1. The Balaban J connectivity index is 0.000000112. The van der Waals surface area contributed by atoms with Gasteiger partial charge in [0.15, 0.2) is 0 Å². The maximum Gasteiger partial charge on any atom is 0.410 e. The van der Waals surface area contributed by atoms with Crippen LogP contribution in [-0.2, 0) is 36.8 Å². The number of anilines is 1. The van der Waals surface area contributed by atoms with Crippen molar-refractivity contribution < 1.29 is 41.8 Å². The molecule has 9 N–H and O–H groups in total. The Hall–Kier alpha value is -12.4. The first kappa shape index (κ1) is 91.1. The van der Waals surface area contributed by atoms with E-state index in [-0.39, 0.29) is 60.2 Å². The number of urea groups is 2. The topological polar surface area (TPSA) is 234 Å². The molecule has 0 saturated carbocycles. The molecule has 5 aliphatic heterocycles. The molecule has 5 unspecified atom stereocenters. The first-order valence-electron chi connectivity index (χ1n) is 43.9. The van der Waals surface area contributed by atoms with E-state index in [1.54, 1.807) is 48.7 Å². The molecule has 17 aromatic rings. The van der Waals surface area contributed by atoms with Crippen LogP contribution in [0, 0.1) is 17.5 Å². The fourth-order valence-corrected chi connectivity index (χ4v) is 20.2. The third-order valence-electron chi connectivity index (χ3n) is 25.0. The number of carbonyl (C=O) groups is 3. The number of hydrogen-bond donors (Lipinski definition) is 9. The van der Waals surface area contributed by atoms with Crippen molar-refractivity contribution in [3.63, 3.8) is 0 Å². The average molecular weight is 1990 g/mol. The molecule has 5 amide bonds. The predicted octanol–water partition coefficient (Wildman–Crippen LogP) is 25.4. The highest BCUT2D eigenvalue weighted by atomic mass is 79.9. The van der Waals surface area contributed by atoms with Crippen LogP contribution in [0.5, 0.6) is 11.5 Å². The number of imidazole rings is 1. The fourth-order valence-electron chi connectivity index (χ4n) is 18.9. The van der Waals surface area contributed by atoms with Crippen molar-refractivity contribution >= 4 is 157 Å². The van der Waals surface area contributed by atoms with Crippen molar-refractivity contribution in [2.75, 3.05) is 58.9 Å². The van der Waals surface area contributed by atoms with Gasteiger partial charge in [-0.25, -0.2) is 32.5 Å². The summed E-state index contributed by atoms with van der Waals surface area (Å²) in [6.07, 6.45) is 9.25. The van der Waals surface area contributed by atoms with Gasteiger partial charge in [0.05, 0.1) is 51.3 Å². The third kappa shape index (κ3) is 19.3. The van der Waals surface area contributed by atoms with Gasteiger partial charge in [-0.15, -0.1) is 0 Å². The van der Waals surface area contributed by atoms with E-state index in [1.165, 1.54) is 68.7 Å². The van der Waals surface area contributed by atoms with Crippen molar-refractivity contribution in [1.82, 2.24) is 65.1 Å². The van der Waals surface area contributed by atoms with E-state index in [9.17, 15) is 27.6 Å². The Bertz CT molecular complexity index is 7140. The van der Waals surface area contributed by atoms with Crippen LogP contribution < -0.4 is 30.7 Å². The summed E-state index contributed by atoms with van der Waals surface area (Å²) in [6, 6.07) is 70.1. The standard InChI is InChI=1S/C25H21ClFN3O2.C23H21ClN4O2.C22H24ClN3O2.C17H14BrClN2.C17H13BrF2N2/c1-32-19-9-2-15(3-10-19)24-23-20(21-14-16(26)4-11-22(21)29-23)12-13-30(24)25(31)28-18-7-5-17(27)6-8-18;1-2-30-23(29)28-11-9-18-19-13-16(24)5-8-20(19)26-21(18)22(28)15-3-6-17(7-4-15)27-12-10-25-14-27;1-13(2)24-22(27)26-11-10-17-18-12-15(23)6-9-19(18)25-20(17)21(26)14-4-7-16(28-3)8-5-14;18-11-3-6-15-14(9-11)13-7-8-20-16(17(13)21-15)10-1-4-12(19)5-2-10;18-9-1-4-15-12(7-9)11-5-6-21-16(17(11)22-15)13-8-10(19)2-3-14(13)20/h2-11,14,24,29H,12-13H2,1H3,(H,28,31);3-8,10,12-14,22,26H,2,9,11H2,1H3;4-9,12-13,21,25H,10-11H2,1-3H3,(H,24,27);1-6,9,16,20-21H,7-8H2;1-4,7-8,16,21-22H,5-6H2. The molecule has 11 heterocycles. The molecule has 29 heteroatoms. The minimum atomic E-state index is -0.427. The number of nitrogens with one attached hydrogen (secondary N) is 9. The number of fused-ring (bicyclic) bond motifs is 15. The van der Waals surface area contributed by atoms with Gasteiger partial charge in [-0.05, 0) is 285 Å². The second-order valence-electron chi connectivity index (χ2n) is 33.4. The maximum absolute atomic E-state index is 14.1. The van der Waals surface area contributed by atoms with Gasteiger partial charge in [0, 0.05) is 180 Å². The molecular formula is C104H93Br2Cl4F3N14O6. The zero-order chi connectivity index (χ0) is 92.4. The summed E-state index contributed by atoms with van der Waals surface area (Å²) in [7, 11) is 3.27. The Morgan fingerprint density at radius 1 is 0.451 bits per heavy atom. The molecule has 11 aromatic carbocycles. The monoisotopic (exact) mass is 1990 g/mol. The van der Waals surface area contributed by atoms with Gasteiger partial charge in [0.2, 0.25) is 0 Å². The Morgan fingerprint density at radius 3 is 1.32 bits per heavy atom. The minimum absolute atomic E-state index is 0.0573. The molecule has 6 aromatic heterocycles. The van der Waals surface area contributed by atoms with Crippen molar-refractivity contribution in [1.29, 1.82) is 0 Å². The Labute approximate surface area is 802 Å². The molecule has 5 atom stereocenters. The zero-order valence-electron chi connectivity index (χ0n) is 73.0. The van der Waals surface area contributed by atoms with Crippen LogP contribution in [0.4, 0.5) is 33.2 Å². The summed E-state index contributed by atoms with van der Waals surface area (Å²) >= 11 is 31.8. The molecule has 133 heavy (non-hydrogen) atoms. The number of hydrogen-bond acceptors (Lipinski definition) is 9. The van der Waals surface area contributed by atoms with Crippen molar-refractivity contribution in [3.8, 4) is 17.2 Å². The summed E-state index contributed by atoms with van der Waals surface area (Å²) < 4.78 is 61.0. The highest BCUT2D eigenvalue weighted by molar-refractivity contribution is 9.10. The van der Waals surface area contributed by atoms with Gasteiger partial charge in [-0.1, -0.05) is 127 Å². The highest BCUT2D eigenvalue weighted by Gasteiger charge is 2.40. The number of ether oxygens (including phenoxy) is 3. The summed E-state index contributed by atoms with van der Waals surface area (Å²) in [5, 5.41) is 21.5. The number of amides is 5. The Morgan fingerprint density at radius 2 is 0.857 bits per heavy atom. The number of aromatic amines is 5. The van der Waals surface area contributed by atoms with E-state index in [2.05, 4.69) is 132 Å². The minimum Gasteiger partial charge on any atom is -0.497 e. The van der Waals surface area contributed by atoms with Crippen LogP contribution >= 0.6 is 78.3 Å². The first-order valence-corrected chi connectivity index (χ1v) is 47.0. The normalized spacial score (nSPS) is 16.5. The fraction of sp³-hybridized carbons (Fsp3) is 0.212. The van der Waals surface area contributed by atoms with Crippen LogP contribution in [-0.4, -0.2) is 127 Å². The zero-order valence-corrected chi connectivity index (χ0v) is 79.2. The van der Waals surface area contributed by atoms with Crippen molar-refractivity contribution in [2.24, 2.45) is 0 Å². The van der Waals surface area contributed by atoms with Crippen LogP contribution in [0.1, 0.15) is 135 Å². The van der Waals surface area contributed by atoms with E-state index >= 15 is 0 Å². The molecule has 678 valence electrons. The molecule has 0 radical (unpaired) electrons. The highest BCUT2D eigenvalue weighted by Crippen LogP contribution is 2.46. The lowest BCUT2D eigenvalue weighted by atomic mass is 9.92. The molecule has 0 aliphatic carbocycles. The van der Waals surface area contributed by atoms with Gasteiger partial charge < -0.3 is 74.8 Å². The number of nitrogens with zero attached hydrogens (tertiary/aromatic N) is 5. The molecular weight excluding hydrogens is 1900 g/mol. The summed E-state index contributed by atoms with van der Waals surface area (Å²) in [6.45, 7) is 9.58. The van der Waals surface area contributed by atoms with Gasteiger partial charge in [0.1, 0.15) is 35.0 Å². The summed E-state index contributed by atoms with van der Waals surface area (Å²) in [4.78, 5) is 66.2. The van der Waals surface area contributed by atoms with E-state index in [4.69, 9.17) is 60.6 Å². The number of carbonyl (C=O) groups excluding carboxylic acids is 3. The molecule has 0 fully saturated rings. The number of aromatic nitrogens is 7. The number of benzene rings is 11. The van der Waals surface area contributed by atoms with Crippen molar-refractivity contribution in [3.05, 3.63) is 380 Å². The van der Waals surface area contributed by atoms with E-state index in [0.717, 1.165) is 170 Å². The lowest BCUT2D eigenvalue weighted by Crippen LogP contribution is -2.47.